The van der Waals surface area contributed by atoms with Gasteiger partial charge in [-0.3, -0.25) is 0 Å². The SMILES string of the molecule is CCOC(=O)COc1c(C(=O)OC2CCC2)c2c(c3ccccc13)OC(c1ccc(OC)cc1)(c1ccc3c(c1)CC(C)O3)C=C2. The van der Waals surface area contributed by atoms with Crippen molar-refractivity contribution in [3.63, 3.8) is 0 Å². The van der Waals surface area contributed by atoms with E-state index in [2.05, 4.69) is 13.0 Å². The van der Waals surface area contributed by atoms with Crippen LogP contribution in [0.5, 0.6) is 23.0 Å². The Hall–Kier alpha value is -4.98. The van der Waals surface area contributed by atoms with Crippen molar-refractivity contribution in [1.82, 2.24) is 0 Å². The summed E-state index contributed by atoms with van der Waals surface area (Å²) < 4.78 is 35.8. The molecule has 3 aliphatic rings. The van der Waals surface area contributed by atoms with Gasteiger partial charge >= 0.3 is 11.9 Å². The van der Waals surface area contributed by atoms with Crippen molar-refractivity contribution in [2.75, 3.05) is 20.3 Å². The summed E-state index contributed by atoms with van der Waals surface area (Å²) in [6.45, 7) is 3.67. The summed E-state index contributed by atoms with van der Waals surface area (Å²) in [5.74, 6) is 1.34. The van der Waals surface area contributed by atoms with Crippen LogP contribution < -0.4 is 18.9 Å². The van der Waals surface area contributed by atoms with Crippen LogP contribution in [0.15, 0.2) is 72.8 Å². The minimum Gasteiger partial charge on any atom is -0.497 e. The predicted molar refractivity (Wildman–Crippen MR) is 173 cm³/mol. The van der Waals surface area contributed by atoms with E-state index in [9.17, 15) is 9.59 Å². The monoisotopic (exact) mass is 620 g/mol. The van der Waals surface area contributed by atoms with E-state index >= 15 is 0 Å². The van der Waals surface area contributed by atoms with Crippen molar-refractivity contribution in [3.05, 3.63) is 101 Å². The number of esters is 2. The van der Waals surface area contributed by atoms with Crippen molar-refractivity contribution in [2.45, 2.75) is 57.3 Å². The van der Waals surface area contributed by atoms with Crippen LogP contribution in [-0.4, -0.2) is 44.5 Å². The summed E-state index contributed by atoms with van der Waals surface area (Å²) >= 11 is 0. The minimum atomic E-state index is -1.05. The second-order valence-electron chi connectivity index (χ2n) is 11.9. The van der Waals surface area contributed by atoms with Crippen molar-refractivity contribution in [3.8, 4) is 23.0 Å². The molecule has 236 valence electrons. The number of fused-ring (bicyclic) bond motifs is 4. The molecule has 1 saturated carbocycles. The Labute approximate surface area is 267 Å². The molecule has 46 heavy (non-hydrogen) atoms. The molecule has 7 rings (SSSR count). The fourth-order valence-electron chi connectivity index (χ4n) is 6.41. The van der Waals surface area contributed by atoms with E-state index in [1.165, 1.54) is 0 Å². The van der Waals surface area contributed by atoms with Gasteiger partial charge < -0.3 is 28.4 Å². The molecule has 0 radical (unpaired) electrons. The second kappa shape index (κ2) is 12.1. The number of rotatable bonds is 9. The van der Waals surface area contributed by atoms with Crippen molar-refractivity contribution < 1.29 is 38.0 Å². The number of benzene rings is 4. The molecule has 8 heteroatoms. The fraction of sp³-hybridized carbons (Fsp3) is 0.316. The van der Waals surface area contributed by atoms with Gasteiger partial charge in [0.25, 0.3) is 0 Å². The third-order valence-corrected chi connectivity index (χ3v) is 8.92. The fourth-order valence-corrected chi connectivity index (χ4v) is 6.41. The molecule has 0 saturated heterocycles. The lowest BCUT2D eigenvalue weighted by Crippen LogP contribution is -2.35. The maximum atomic E-state index is 13.9. The lowest BCUT2D eigenvalue weighted by Gasteiger charge is -2.37. The lowest BCUT2D eigenvalue weighted by atomic mass is 9.81. The zero-order valence-electron chi connectivity index (χ0n) is 26.2. The van der Waals surface area contributed by atoms with E-state index < -0.39 is 17.5 Å². The summed E-state index contributed by atoms with van der Waals surface area (Å²) in [7, 11) is 1.64. The molecule has 1 aliphatic carbocycles. The van der Waals surface area contributed by atoms with Crippen LogP contribution in [0.1, 0.15) is 65.7 Å². The highest BCUT2D eigenvalue weighted by Gasteiger charge is 2.41. The molecule has 2 atom stereocenters. The van der Waals surface area contributed by atoms with Gasteiger partial charge in [0.15, 0.2) is 12.2 Å². The van der Waals surface area contributed by atoms with E-state index in [4.69, 9.17) is 28.4 Å². The average molecular weight is 621 g/mol. The molecule has 0 amide bonds. The van der Waals surface area contributed by atoms with Gasteiger partial charge in [-0.25, -0.2) is 9.59 Å². The summed E-state index contributed by atoms with van der Waals surface area (Å²) in [6, 6.07) is 21.5. The highest BCUT2D eigenvalue weighted by atomic mass is 16.6. The molecule has 8 nitrogen and oxygen atoms in total. The van der Waals surface area contributed by atoms with Crippen molar-refractivity contribution in [2.24, 2.45) is 0 Å². The summed E-state index contributed by atoms with van der Waals surface area (Å²) in [6.07, 6.45) is 7.25. The molecule has 4 aromatic rings. The Kier molecular flexibility index (Phi) is 7.80. The normalized spacial score (nSPS) is 19.7. The van der Waals surface area contributed by atoms with Crippen LogP contribution in [0.3, 0.4) is 0 Å². The number of carbonyl (C=O) groups excluding carboxylic acids is 2. The van der Waals surface area contributed by atoms with E-state index in [1.54, 1.807) is 14.0 Å². The number of hydrogen-bond acceptors (Lipinski definition) is 8. The first-order chi connectivity index (χ1) is 22.4. The number of ether oxygens (including phenoxy) is 6. The molecule has 2 aliphatic heterocycles. The smallest absolute Gasteiger partial charge is 0.344 e. The topological polar surface area (TPSA) is 89.5 Å². The van der Waals surface area contributed by atoms with Gasteiger partial charge in [-0.2, -0.15) is 0 Å². The molecule has 4 aromatic carbocycles. The standard InChI is InChI=1S/C38H36O8/c1-4-42-33(39)22-43-36-30-11-6-5-10-29(30)35-31(34(36)37(40)45-28-8-7-9-28)18-19-38(46-35,25-12-15-27(41-3)16-13-25)26-14-17-32-24(21-26)20-23(2)44-32/h5-6,10-19,21,23,28H,4,7-9,20,22H2,1-3H3. The van der Waals surface area contributed by atoms with Gasteiger partial charge in [-0.05, 0) is 75.1 Å². The van der Waals surface area contributed by atoms with Gasteiger partial charge in [0.1, 0.15) is 40.8 Å². The number of methoxy groups -OCH3 is 1. The van der Waals surface area contributed by atoms with Crippen LogP contribution in [0.25, 0.3) is 16.8 Å². The highest BCUT2D eigenvalue weighted by molar-refractivity contribution is 6.09. The van der Waals surface area contributed by atoms with Crippen LogP contribution >= 0.6 is 0 Å². The van der Waals surface area contributed by atoms with E-state index in [1.807, 2.05) is 72.8 Å². The van der Waals surface area contributed by atoms with Gasteiger partial charge in [0.2, 0.25) is 0 Å². The third kappa shape index (κ3) is 5.21. The molecule has 0 spiro atoms. The van der Waals surface area contributed by atoms with Crippen molar-refractivity contribution in [1.29, 1.82) is 0 Å². The quantitative estimate of drug-likeness (QED) is 0.182. The van der Waals surface area contributed by atoms with Gasteiger partial charge in [0, 0.05) is 33.9 Å². The van der Waals surface area contributed by atoms with Crippen LogP contribution in [0.2, 0.25) is 0 Å². The third-order valence-electron chi connectivity index (χ3n) is 8.92. The van der Waals surface area contributed by atoms with E-state index in [0.29, 0.717) is 16.7 Å². The maximum Gasteiger partial charge on any atom is 0.344 e. The van der Waals surface area contributed by atoms with Gasteiger partial charge in [-0.15, -0.1) is 0 Å². The predicted octanol–water partition coefficient (Wildman–Crippen LogP) is 7.17. The summed E-state index contributed by atoms with van der Waals surface area (Å²) in [5, 5.41) is 1.36. The molecule has 0 N–H and O–H groups in total. The molecular weight excluding hydrogens is 584 g/mol. The summed E-state index contributed by atoms with van der Waals surface area (Å²) in [5.41, 5.74) is 2.61. The minimum absolute atomic E-state index is 0.0898. The van der Waals surface area contributed by atoms with Gasteiger partial charge in [0.05, 0.1) is 13.7 Å². The van der Waals surface area contributed by atoms with E-state index in [-0.39, 0.29) is 36.7 Å². The Bertz CT molecular complexity index is 1840. The van der Waals surface area contributed by atoms with Gasteiger partial charge in [-0.1, -0.05) is 42.5 Å². The molecule has 0 aromatic heterocycles. The van der Waals surface area contributed by atoms with Crippen LogP contribution in [0.4, 0.5) is 0 Å². The van der Waals surface area contributed by atoms with Crippen LogP contribution in [-0.2, 0) is 26.3 Å². The molecule has 0 bridgehead atoms. The Morgan fingerprint density at radius 2 is 1.74 bits per heavy atom. The number of hydrogen-bond donors (Lipinski definition) is 0. The summed E-state index contributed by atoms with van der Waals surface area (Å²) in [4.78, 5) is 26.3. The highest BCUT2D eigenvalue weighted by Crippen LogP contribution is 2.50. The first kappa shape index (κ1) is 29.7. The lowest BCUT2D eigenvalue weighted by molar-refractivity contribution is -0.145. The molecule has 2 unspecified atom stereocenters. The second-order valence-corrected chi connectivity index (χ2v) is 11.9. The number of carbonyl (C=O) groups is 2. The first-order valence-electron chi connectivity index (χ1n) is 15.8. The molecule has 1 fully saturated rings. The largest absolute Gasteiger partial charge is 0.497 e. The maximum absolute atomic E-state index is 13.9. The Morgan fingerprint density at radius 3 is 2.46 bits per heavy atom. The Morgan fingerprint density at radius 1 is 0.978 bits per heavy atom. The zero-order chi connectivity index (χ0) is 31.8. The molecular formula is C38H36O8. The van der Waals surface area contributed by atoms with Crippen molar-refractivity contribution >= 4 is 28.8 Å². The van der Waals surface area contributed by atoms with Crippen LogP contribution in [0, 0.1) is 0 Å². The zero-order valence-corrected chi connectivity index (χ0v) is 26.2. The first-order valence-corrected chi connectivity index (χ1v) is 15.8. The van der Waals surface area contributed by atoms with E-state index in [0.717, 1.165) is 59.3 Å². The average Bonchev–Trinajstić information content (AvgIpc) is 3.44. The Balaban J connectivity index is 1.43. The molecule has 2 heterocycles.